The Morgan fingerprint density at radius 1 is 1.38 bits per heavy atom. The van der Waals surface area contributed by atoms with Crippen LogP contribution >= 0.6 is 22.9 Å². The topological polar surface area (TPSA) is 84.7 Å². The molecule has 2 aromatic heterocycles. The number of aliphatic hydroxyl groups excluding tert-OH is 1. The molecule has 2 aliphatic rings. The molecule has 10 heteroatoms. The monoisotopic (exact) mass is 459 g/mol. The molecule has 0 atom stereocenters. The van der Waals surface area contributed by atoms with Crippen molar-refractivity contribution >= 4 is 32.8 Å². The first kappa shape index (κ1) is 21.3. The quantitative estimate of drug-likeness (QED) is 0.712. The number of hydrogen-bond donors (Lipinski definition) is 1. The summed E-state index contributed by atoms with van der Waals surface area (Å²) >= 11 is 7.94. The van der Waals surface area contributed by atoms with Crippen LogP contribution in [0, 0.1) is 0 Å². The number of aromatic nitrogens is 2. The van der Waals surface area contributed by atoms with Gasteiger partial charge < -0.3 is 9.84 Å². The molecule has 0 radical (unpaired) electrons. The highest BCUT2D eigenvalue weighted by molar-refractivity contribution is 7.90. The van der Waals surface area contributed by atoms with Crippen molar-refractivity contribution in [1.82, 2.24) is 14.7 Å². The number of aliphatic hydroxyl groups is 1. The number of piperidine rings is 1. The molecule has 0 bridgehead atoms. The maximum atomic E-state index is 11.3. The Hall–Kier alpha value is -0.970. The van der Waals surface area contributed by atoms with Crippen molar-refractivity contribution < 1.29 is 18.3 Å². The summed E-state index contributed by atoms with van der Waals surface area (Å²) in [6.07, 6.45) is 7.58. The maximum Gasteiger partial charge on any atom is 0.149 e. The van der Waals surface area contributed by atoms with Crippen molar-refractivity contribution in [2.75, 3.05) is 31.7 Å². The summed E-state index contributed by atoms with van der Waals surface area (Å²) in [6.45, 7) is 3.62. The first-order chi connectivity index (χ1) is 13.8. The van der Waals surface area contributed by atoms with E-state index in [0.29, 0.717) is 17.5 Å². The van der Waals surface area contributed by atoms with Crippen LogP contribution in [0.25, 0.3) is 0 Å². The van der Waals surface area contributed by atoms with E-state index in [1.54, 1.807) is 16.0 Å². The molecule has 4 rings (SSSR count). The third-order valence-corrected chi connectivity index (χ3v) is 8.45. The maximum absolute atomic E-state index is 11.3. The number of nitrogens with zero attached hydrogens (tertiary/aromatic N) is 3. The number of halogens is 1. The first-order valence-electron chi connectivity index (χ1n) is 9.76. The average Bonchev–Trinajstić information content (AvgIpc) is 3.26. The highest BCUT2D eigenvalue weighted by atomic mass is 35.5. The van der Waals surface area contributed by atoms with Crippen LogP contribution < -0.4 is 0 Å². The van der Waals surface area contributed by atoms with E-state index in [2.05, 4.69) is 10.00 Å². The minimum Gasteiger partial charge on any atom is -0.392 e. The van der Waals surface area contributed by atoms with Gasteiger partial charge in [0.1, 0.15) is 15.4 Å². The lowest BCUT2D eigenvalue weighted by Gasteiger charge is -2.43. The highest BCUT2D eigenvalue weighted by Crippen LogP contribution is 2.48. The van der Waals surface area contributed by atoms with E-state index in [9.17, 15) is 13.5 Å². The van der Waals surface area contributed by atoms with Crippen LogP contribution in [0.15, 0.2) is 12.4 Å². The largest absolute Gasteiger partial charge is 0.392 e. The van der Waals surface area contributed by atoms with Crippen molar-refractivity contribution in [2.24, 2.45) is 0 Å². The van der Waals surface area contributed by atoms with Crippen molar-refractivity contribution in [2.45, 2.75) is 44.6 Å². The summed E-state index contributed by atoms with van der Waals surface area (Å²) < 4.78 is 31.3. The normalized spacial score (nSPS) is 19.6. The lowest BCUT2D eigenvalue weighted by atomic mass is 9.84. The van der Waals surface area contributed by atoms with Gasteiger partial charge >= 0.3 is 0 Å². The minimum absolute atomic E-state index is 0.0177. The summed E-state index contributed by atoms with van der Waals surface area (Å²) in [5, 5.41) is 14.0. The molecule has 1 saturated heterocycles. The molecule has 160 valence electrons. The van der Waals surface area contributed by atoms with Crippen molar-refractivity contribution in [3.05, 3.63) is 38.3 Å². The van der Waals surface area contributed by atoms with Gasteiger partial charge in [0.15, 0.2) is 0 Å². The summed E-state index contributed by atoms with van der Waals surface area (Å²) in [7, 11) is -2.99. The molecule has 1 spiro atoms. The zero-order valence-electron chi connectivity index (χ0n) is 16.4. The van der Waals surface area contributed by atoms with Gasteiger partial charge in [-0.1, -0.05) is 11.6 Å². The second kappa shape index (κ2) is 8.28. The van der Waals surface area contributed by atoms with Gasteiger partial charge in [0.2, 0.25) is 0 Å². The van der Waals surface area contributed by atoms with Gasteiger partial charge in [0.25, 0.3) is 0 Å². The van der Waals surface area contributed by atoms with Crippen LogP contribution in [0.5, 0.6) is 0 Å². The minimum atomic E-state index is -2.99. The lowest BCUT2D eigenvalue weighted by molar-refractivity contribution is -0.0962. The zero-order chi connectivity index (χ0) is 20.6. The van der Waals surface area contributed by atoms with E-state index in [-0.39, 0.29) is 18.0 Å². The van der Waals surface area contributed by atoms with Crippen LogP contribution in [0.3, 0.4) is 0 Å². The number of hydrogen-bond acceptors (Lipinski definition) is 7. The Morgan fingerprint density at radius 2 is 2.14 bits per heavy atom. The first-order valence-corrected chi connectivity index (χ1v) is 13.0. The van der Waals surface area contributed by atoms with Gasteiger partial charge in [-0.3, -0.25) is 9.58 Å². The van der Waals surface area contributed by atoms with Crippen LogP contribution in [-0.2, 0) is 46.3 Å². The molecule has 1 N–H and O–H groups in total. The molecule has 1 fully saturated rings. The Kier molecular flexibility index (Phi) is 6.07. The molecule has 0 aromatic carbocycles. The third kappa shape index (κ3) is 4.55. The SMILES string of the molecule is CS(=O)(=O)CCn1cc(CN2CCC3(CC2)OCCc2c3sc(Cl)c2CO)cn1. The Balaban J connectivity index is 1.39. The number of thiophene rings is 1. The van der Waals surface area contributed by atoms with E-state index < -0.39 is 9.84 Å². The van der Waals surface area contributed by atoms with E-state index in [1.807, 2.05) is 12.4 Å². The molecule has 2 aliphatic heterocycles. The van der Waals surface area contributed by atoms with Crippen LogP contribution in [0.4, 0.5) is 0 Å². The number of ether oxygens (including phenoxy) is 1. The molecule has 0 unspecified atom stereocenters. The van der Waals surface area contributed by atoms with Gasteiger partial charge in [0, 0.05) is 48.1 Å². The Bertz CT molecular complexity index is 978. The Labute approximate surface area is 180 Å². The molecule has 0 aliphatic carbocycles. The summed E-state index contributed by atoms with van der Waals surface area (Å²) in [6, 6.07) is 0. The van der Waals surface area contributed by atoms with Gasteiger partial charge in [-0.05, 0) is 24.8 Å². The molecular weight excluding hydrogens is 434 g/mol. The number of fused-ring (bicyclic) bond motifs is 2. The summed E-state index contributed by atoms with van der Waals surface area (Å²) in [5.74, 6) is 0.0965. The van der Waals surface area contributed by atoms with Crippen LogP contribution in [-0.4, -0.2) is 59.9 Å². The van der Waals surface area contributed by atoms with Gasteiger partial charge in [-0.15, -0.1) is 11.3 Å². The molecule has 4 heterocycles. The van der Waals surface area contributed by atoms with E-state index >= 15 is 0 Å². The fraction of sp³-hybridized carbons (Fsp3) is 0.632. The predicted octanol–water partition coefficient (Wildman–Crippen LogP) is 2.20. The number of sulfone groups is 1. The zero-order valence-corrected chi connectivity index (χ0v) is 18.8. The smallest absolute Gasteiger partial charge is 0.149 e. The fourth-order valence-electron chi connectivity index (χ4n) is 4.24. The van der Waals surface area contributed by atoms with E-state index in [0.717, 1.165) is 50.0 Å². The van der Waals surface area contributed by atoms with Crippen LogP contribution in [0.2, 0.25) is 4.34 Å². The van der Waals surface area contributed by atoms with E-state index in [4.69, 9.17) is 16.3 Å². The number of aryl methyl sites for hydroxylation is 1. The van der Waals surface area contributed by atoms with E-state index in [1.165, 1.54) is 16.7 Å². The number of rotatable bonds is 6. The van der Waals surface area contributed by atoms with Crippen molar-refractivity contribution in [3.8, 4) is 0 Å². The average molecular weight is 460 g/mol. The fourth-order valence-corrected chi connectivity index (χ4v) is 6.46. The lowest BCUT2D eigenvalue weighted by Crippen LogP contribution is -2.45. The molecule has 0 amide bonds. The third-order valence-electron chi connectivity index (χ3n) is 5.82. The molecule has 29 heavy (non-hydrogen) atoms. The summed E-state index contributed by atoms with van der Waals surface area (Å²) in [4.78, 5) is 3.58. The predicted molar refractivity (Wildman–Crippen MR) is 113 cm³/mol. The second-order valence-corrected chi connectivity index (χ2v) is 11.8. The number of likely N-dealkylation sites (tertiary alicyclic amines) is 1. The van der Waals surface area contributed by atoms with Crippen LogP contribution in [0.1, 0.15) is 34.4 Å². The highest BCUT2D eigenvalue weighted by Gasteiger charge is 2.43. The standard InChI is InChI=1S/C19H26ClN3O4S2/c1-29(25,26)9-7-23-12-14(10-21-23)11-22-5-3-19(4-6-22)17-15(2-8-27-19)16(13-24)18(20)28-17/h10,12,24H,2-9,11,13H2,1H3. The molecule has 7 nitrogen and oxygen atoms in total. The second-order valence-electron chi connectivity index (χ2n) is 7.93. The Morgan fingerprint density at radius 3 is 2.83 bits per heavy atom. The summed E-state index contributed by atoms with van der Waals surface area (Å²) in [5.41, 5.74) is 2.86. The van der Waals surface area contributed by atoms with Gasteiger partial charge in [-0.2, -0.15) is 5.10 Å². The van der Waals surface area contributed by atoms with Crippen molar-refractivity contribution in [3.63, 3.8) is 0 Å². The molecule has 0 saturated carbocycles. The molecule has 2 aromatic rings. The van der Waals surface area contributed by atoms with Gasteiger partial charge in [0.05, 0.1) is 36.0 Å². The van der Waals surface area contributed by atoms with Crippen molar-refractivity contribution in [1.29, 1.82) is 0 Å². The molecular formula is C19H26ClN3O4S2. The van der Waals surface area contributed by atoms with Gasteiger partial charge in [-0.25, -0.2) is 8.42 Å².